The average molecular weight is 221 g/mol. The van der Waals surface area contributed by atoms with Crippen LogP contribution in [0.4, 0.5) is 0 Å². The zero-order valence-electron chi connectivity index (χ0n) is 9.71. The standard InChI is InChI=1S/C10H23NO2S/c1-5-6-7-14(12,13)10(3)8-9(2)11-4/h9-11H,5-8H2,1-4H3. The van der Waals surface area contributed by atoms with Crippen LogP contribution in [0.2, 0.25) is 0 Å². The van der Waals surface area contributed by atoms with E-state index in [-0.39, 0.29) is 11.3 Å². The number of nitrogens with one attached hydrogen (secondary N) is 1. The first-order chi connectivity index (χ1) is 6.44. The Morgan fingerprint density at radius 3 is 2.29 bits per heavy atom. The first-order valence-corrected chi connectivity index (χ1v) is 7.04. The summed E-state index contributed by atoms with van der Waals surface area (Å²) < 4.78 is 23.4. The molecule has 0 fully saturated rings. The third-order valence-corrected chi connectivity index (χ3v) is 4.85. The fraction of sp³-hybridized carbons (Fsp3) is 1.00. The van der Waals surface area contributed by atoms with E-state index in [1.54, 1.807) is 6.92 Å². The van der Waals surface area contributed by atoms with E-state index in [0.717, 1.165) is 12.8 Å². The molecule has 0 aliphatic carbocycles. The van der Waals surface area contributed by atoms with E-state index in [4.69, 9.17) is 0 Å². The third kappa shape index (κ3) is 4.96. The van der Waals surface area contributed by atoms with Gasteiger partial charge in [0.05, 0.1) is 11.0 Å². The minimum Gasteiger partial charge on any atom is -0.317 e. The topological polar surface area (TPSA) is 46.2 Å². The minimum absolute atomic E-state index is 0.225. The number of sulfone groups is 1. The van der Waals surface area contributed by atoms with Crippen LogP contribution in [-0.2, 0) is 9.84 Å². The zero-order valence-corrected chi connectivity index (χ0v) is 10.5. The summed E-state index contributed by atoms with van der Waals surface area (Å²) in [6, 6.07) is 0.265. The molecule has 0 saturated carbocycles. The predicted octanol–water partition coefficient (Wildman–Crippen LogP) is 1.59. The fourth-order valence-electron chi connectivity index (χ4n) is 1.31. The number of rotatable bonds is 7. The molecule has 0 amide bonds. The Bertz CT molecular complexity index is 237. The first kappa shape index (κ1) is 13.9. The SMILES string of the molecule is CCCCS(=O)(=O)C(C)CC(C)NC. The lowest BCUT2D eigenvalue weighted by Gasteiger charge is -2.17. The monoisotopic (exact) mass is 221 g/mol. The van der Waals surface area contributed by atoms with Crippen LogP contribution in [-0.4, -0.2) is 32.5 Å². The number of hydrogen-bond donors (Lipinski definition) is 1. The molecule has 0 aliphatic heterocycles. The van der Waals surface area contributed by atoms with Gasteiger partial charge in [-0.3, -0.25) is 0 Å². The molecule has 0 bridgehead atoms. The van der Waals surface area contributed by atoms with Gasteiger partial charge < -0.3 is 5.32 Å². The third-order valence-electron chi connectivity index (χ3n) is 2.57. The maximum Gasteiger partial charge on any atom is 0.152 e. The molecule has 2 unspecified atom stereocenters. The summed E-state index contributed by atoms with van der Waals surface area (Å²) in [7, 11) is -1.01. The molecular weight excluding hydrogens is 198 g/mol. The van der Waals surface area contributed by atoms with Gasteiger partial charge in [0.15, 0.2) is 9.84 Å². The summed E-state index contributed by atoms with van der Waals surface area (Å²) >= 11 is 0. The van der Waals surface area contributed by atoms with Gasteiger partial charge in [-0.05, 0) is 33.7 Å². The molecule has 86 valence electrons. The van der Waals surface area contributed by atoms with Crippen molar-refractivity contribution in [1.29, 1.82) is 0 Å². The summed E-state index contributed by atoms with van der Waals surface area (Å²) in [6.07, 6.45) is 2.41. The van der Waals surface area contributed by atoms with Crippen molar-refractivity contribution < 1.29 is 8.42 Å². The Labute approximate surface area is 88.2 Å². The number of unbranched alkanes of at least 4 members (excludes halogenated alkanes) is 1. The fourth-order valence-corrected chi connectivity index (χ4v) is 2.98. The van der Waals surface area contributed by atoms with Crippen molar-refractivity contribution in [2.45, 2.75) is 51.3 Å². The Morgan fingerprint density at radius 1 is 1.29 bits per heavy atom. The smallest absolute Gasteiger partial charge is 0.152 e. The summed E-state index contributed by atoms with van der Waals surface area (Å²) in [4.78, 5) is 0. The molecule has 14 heavy (non-hydrogen) atoms. The lowest BCUT2D eigenvalue weighted by atomic mass is 10.2. The molecular formula is C10H23NO2S. The van der Waals surface area contributed by atoms with E-state index in [0.29, 0.717) is 12.2 Å². The van der Waals surface area contributed by atoms with Gasteiger partial charge in [0.2, 0.25) is 0 Å². The Hall–Kier alpha value is -0.0900. The zero-order chi connectivity index (χ0) is 11.2. The highest BCUT2D eigenvalue weighted by Gasteiger charge is 2.21. The Morgan fingerprint density at radius 2 is 1.86 bits per heavy atom. The van der Waals surface area contributed by atoms with E-state index < -0.39 is 9.84 Å². The van der Waals surface area contributed by atoms with Crippen LogP contribution in [0.5, 0.6) is 0 Å². The molecule has 0 heterocycles. The quantitative estimate of drug-likeness (QED) is 0.710. The maximum absolute atomic E-state index is 11.7. The van der Waals surface area contributed by atoms with Crippen LogP contribution in [0.3, 0.4) is 0 Å². The summed E-state index contributed by atoms with van der Waals surface area (Å²) in [6.45, 7) is 5.82. The van der Waals surface area contributed by atoms with Crippen LogP contribution < -0.4 is 5.32 Å². The molecule has 0 aliphatic rings. The lowest BCUT2D eigenvalue weighted by Crippen LogP contribution is -2.30. The second-order valence-electron chi connectivity index (χ2n) is 3.96. The van der Waals surface area contributed by atoms with E-state index >= 15 is 0 Å². The van der Waals surface area contributed by atoms with Gasteiger partial charge in [-0.2, -0.15) is 0 Å². The molecule has 0 spiro atoms. The normalized spacial score (nSPS) is 16.6. The van der Waals surface area contributed by atoms with Gasteiger partial charge in [0.1, 0.15) is 0 Å². The minimum atomic E-state index is -2.87. The van der Waals surface area contributed by atoms with E-state index in [2.05, 4.69) is 5.32 Å². The van der Waals surface area contributed by atoms with Crippen molar-refractivity contribution >= 4 is 9.84 Å². The van der Waals surface area contributed by atoms with Crippen molar-refractivity contribution in [1.82, 2.24) is 5.32 Å². The molecule has 0 aromatic rings. The lowest BCUT2D eigenvalue weighted by molar-refractivity contribution is 0.529. The van der Waals surface area contributed by atoms with Crippen LogP contribution >= 0.6 is 0 Å². The second-order valence-corrected chi connectivity index (χ2v) is 6.50. The first-order valence-electron chi connectivity index (χ1n) is 5.32. The van der Waals surface area contributed by atoms with Gasteiger partial charge in [-0.15, -0.1) is 0 Å². The summed E-state index contributed by atoms with van der Waals surface area (Å²) in [5, 5.41) is 2.83. The Kier molecular flexibility index (Phi) is 6.36. The van der Waals surface area contributed by atoms with E-state index in [9.17, 15) is 8.42 Å². The summed E-state index contributed by atoms with van der Waals surface area (Å²) in [5.41, 5.74) is 0. The maximum atomic E-state index is 11.7. The van der Waals surface area contributed by atoms with Crippen molar-refractivity contribution in [2.75, 3.05) is 12.8 Å². The van der Waals surface area contributed by atoms with Crippen LogP contribution in [0.25, 0.3) is 0 Å². The van der Waals surface area contributed by atoms with Crippen LogP contribution in [0, 0.1) is 0 Å². The largest absolute Gasteiger partial charge is 0.317 e. The van der Waals surface area contributed by atoms with Crippen LogP contribution in [0.15, 0.2) is 0 Å². The van der Waals surface area contributed by atoms with Crippen molar-refractivity contribution in [3.05, 3.63) is 0 Å². The van der Waals surface area contributed by atoms with Gasteiger partial charge in [0, 0.05) is 6.04 Å². The highest BCUT2D eigenvalue weighted by atomic mass is 32.2. The van der Waals surface area contributed by atoms with Crippen LogP contribution in [0.1, 0.15) is 40.0 Å². The van der Waals surface area contributed by atoms with Gasteiger partial charge in [-0.25, -0.2) is 8.42 Å². The van der Waals surface area contributed by atoms with Crippen molar-refractivity contribution in [2.24, 2.45) is 0 Å². The van der Waals surface area contributed by atoms with E-state index in [1.807, 2.05) is 20.9 Å². The Balaban J connectivity index is 4.14. The van der Waals surface area contributed by atoms with Gasteiger partial charge in [-0.1, -0.05) is 13.3 Å². The molecule has 0 aromatic carbocycles. The molecule has 4 heteroatoms. The highest BCUT2D eigenvalue weighted by molar-refractivity contribution is 7.91. The molecule has 3 nitrogen and oxygen atoms in total. The number of hydrogen-bond acceptors (Lipinski definition) is 3. The van der Waals surface area contributed by atoms with Gasteiger partial charge >= 0.3 is 0 Å². The van der Waals surface area contributed by atoms with Crippen molar-refractivity contribution in [3.8, 4) is 0 Å². The highest BCUT2D eigenvalue weighted by Crippen LogP contribution is 2.11. The molecule has 0 rings (SSSR count). The second kappa shape index (κ2) is 6.40. The van der Waals surface area contributed by atoms with Gasteiger partial charge in [0.25, 0.3) is 0 Å². The molecule has 1 N–H and O–H groups in total. The molecule has 0 saturated heterocycles. The summed E-state index contributed by atoms with van der Waals surface area (Å²) in [5.74, 6) is 0.334. The molecule has 0 aromatic heterocycles. The van der Waals surface area contributed by atoms with E-state index in [1.165, 1.54) is 0 Å². The molecule has 2 atom stereocenters. The molecule has 0 radical (unpaired) electrons. The van der Waals surface area contributed by atoms with Crippen molar-refractivity contribution in [3.63, 3.8) is 0 Å². The average Bonchev–Trinajstić information content (AvgIpc) is 2.14. The predicted molar refractivity (Wildman–Crippen MR) is 61.3 cm³/mol.